The summed E-state index contributed by atoms with van der Waals surface area (Å²) in [5.74, 6) is -1.09. The van der Waals surface area contributed by atoms with Gasteiger partial charge in [-0.05, 0) is 47.6 Å². The summed E-state index contributed by atoms with van der Waals surface area (Å²) in [6, 6.07) is 14.7. The van der Waals surface area contributed by atoms with Gasteiger partial charge in [-0.25, -0.2) is 4.79 Å². The van der Waals surface area contributed by atoms with Crippen molar-refractivity contribution >= 4 is 11.9 Å². The first kappa shape index (κ1) is 22.0. The van der Waals surface area contributed by atoms with Gasteiger partial charge in [0.05, 0.1) is 24.3 Å². The van der Waals surface area contributed by atoms with Crippen LogP contribution in [-0.2, 0) is 33.0 Å². The fourth-order valence-electron chi connectivity index (χ4n) is 3.58. The lowest BCUT2D eigenvalue weighted by Gasteiger charge is -2.25. The van der Waals surface area contributed by atoms with Crippen LogP contribution in [-0.4, -0.2) is 30.2 Å². The number of ether oxygens (including phenoxy) is 2. The minimum absolute atomic E-state index is 0.0114. The molecule has 0 spiro atoms. The molecular weight excluding hydrogens is 382 g/mol. The van der Waals surface area contributed by atoms with Gasteiger partial charge < -0.3 is 19.9 Å². The second kappa shape index (κ2) is 9.41. The number of hydrogen-bond acceptors (Lipinski definition) is 4. The Morgan fingerprint density at radius 1 is 1.07 bits per heavy atom. The predicted octanol–water partition coefficient (Wildman–Crippen LogP) is 3.88. The maximum atomic E-state index is 13.0. The smallest absolute Gasteiger partial charge is 0.335 e. The van der Waals surface area contributed by atoms with E-state index in [0.29, 0.717) is 13.2 Å². The number of benzene rings is 2. The summed E-state index contributed by atoms with van der Waals surface area (Å²) >= 11 is 0. The van der Waals surface area contributed by atoms with Gasteiger partial charge in [0.15, 0.2) is 0 Å². The first-order valence-electron chi connectivity index (χ1n) is 10.2. The molecule has 0 unspecified atom stereocenters. The minimum atomic E-state index is -0.960. The molecule has 0 bridgehead atoms. The first-order valence-corrected chi connectivity index (χ1v) is 10.2. The average molecular weight is 411 g/mol. The van der Waals surface area contributed by atoms with Crippen LogP contribution >= 0.6 is 0 Å². The minimum Gasteiger partial charge on any atom is -0.478 e. The van der Waals surface area contributed by atoms with Crippen LogP contribution in [0.3, 0.4) is 0 Å². The van der Waals surface area contributed by atoms with Gasteiger partial charge >= 0.3 is 5.97 Å². The third-order valence-corrected chi connectivity index (χ3v) is 5.39. The van der Waals surface area contributed by atoms with E-state index in [-0.39, 0.29) is 17.4 Å². The molecule has 0 radical (unpaired) electrons. The number of carboxylic acids is 1. The molecule has 0 saturated heterocycles. The van der Waals surface area contributed by atoms with E-state index in [0.717, 1.165) is 29.5 Å². The van der Waals surface area contributed by atoms with E-state index in [4.69, 9.17) is 14.6 Å². The van der Waals surface area contributed by atoms with Crippen LogP contribution in [0.4, 0.5) is 0 Å². The number of carbonyl (C=O) groups excluding carboxylic acids is 1. The summed E-state index contributed by atoms with van der Waals surface area (Å²) in [6.07, 6.45) is 1.08. The highest BCUT2D eigenvalue weighted by Gasteiger charge is 2.46. The second-order valence-electron chi connectivity index (χ2n) is 8.18. The topological polar surface area (TPSA) is 84.9 Å². The Labute approximate surface area is 177 Å². The van der Waals surface area contributed by atoms with Crippen LogP contribution < -0.4 is 5.32 Å². The van der Waals surface area contributed by atoms with Crippen molar-refractivity contribution in [2.24, 2.45) is 5.92 Å². The molecule has 2 aromatic carbocycles. The maximum absolute atomic E-state index is 13.0. The monoisotopic (exact) mass is 411 g/mol. The van der Waals surface area contributed by atoms with Crippen molar-refractivity contribution in [1.29, 1.82) is 0 Å². The summed E-state index contributed by atoms with van der Waals surface area (Å²) in [7, 11) is 1.66. The van der Waals surface area contributed by atoms with Crippen molar-refractivity contribution in [3.63, 3.8) is 0 Å². The van der Waals surface area contributed by atoms with Gasteiger partial charge in [-0.1, -0.05) is 50.2 Å². The van der Waals surface area contributed by atoms with E-state index < -0.39 is 17.6 Å². The number of nitrogens with one attached hydrogen (secondary N) is 1. The van der Waals surface area contributed by atoms with Crippen molar-refractivity contribution in [2.45, 2.75) is 51.5 Å². The van der Waals surface area contributed by atoms with Crippen LogP contribution in [0.1, 0.15) is 53.7 Å². The van der Waals surface area contributed by atoms with Gasteiger partial charge in [0.1, 0.15) is 6.10 Å². The van der Waals surface area contributed by atoms with Crippen LogP contribution in [0, 0.1) is 5.92 Å². The van der Waals surface area contributed by atoms with Crippen molar-refractivity contribution in [2.75, 3.05) is 7.11 Å². The molecule has 1 aliphatic carbocycles. The Balaban J connectivity index is 1.65. The Morgan fingerprint density at radius 3 is 2.23 bits per heavy atom. The lowest BCUT2D eigenvalue weighted by molar-refractivity contribution is -0.137. The highest BCUT2D eigenvalue weighted by atomic mass is 16.5. The summed E-state index contributed by atoms with van der Waals surface area (Å²) in [5.41, 5.74) is 2.79. The number of amides is 1. The maximum Gasteiger partial charge on any atom is 0.335 e. The largest absolute Gasteiger partial charge is 0.478 e. The van der Waals surface area contributed by atoms with E-state index in [9.17, 15) is 9.59 Å². The average Bonchev–Trinajstić information content (AvgIpc) is 3.49. The number of carboxylic acid groups (broad SMARTS) is 1. The van der Waals surface area contributed by atoms with Crippen LogP contribution in [0.15, 0.2) is 48.5 Å². The lowest BCUT2D eigenvalue weighted by atomic mass is 10.0. The molecular formula is C24H29NO5. The molecule has 1 saturated carbocycles. The van der Waals surface area contributed by atoms with E-state index in [1.54, 1.807) is 31.4 Å². The number of aromatic carboxylic acids is 1. The molecule has 1 aliphatic rings. The van der Waals surface area contributed by atoms with Gasteiger partial charge in [0.25, 0.3) is 0 Å². The van der Waals surface area contributed by atoms with Gasteiger partial charge in [-0.15, -0.1) is 0 Å². The van der Waals surface area contributed by atoms with Crippen LogP contribution in [0.2, 0.25) is 0 Å². The summed E-state index contributed by atoms with van der Waals surface area (Å²) in [4.78, 5) is 24.1. The Kier molecular flexibility index (Phi) is 6.90. The van der Waals surface area contributed by atoms with Crippen LogP contribution in [0.25, 0.3) is 0 Å². The summed E-state index contributed by atoms with van der Waals surface area (Å²) < 4.78 is 11.2. The Bertz CT molecular complexity index is 887. The van der Waals surface area contributed by atoms with E-state index >= 15 is 0 Å². The molecule has 1 amide bonds. The fraction of sp³-hybridized carbons (Fsp3) is 0.417. The van der Waals surface area contributed by atoms with Gasteiger partial charge in [0, 0.05) is 7.11 Å². The molecule has 0 heterocycles. The quantitative estimate of drug-likeness (QED) is 0.620. The van der Waals surface area contributed by atoms with Crippen molar-refractivity contribution in [3.05, 3.63) is 70.8 Å². The zero-order chi connectivity index (χ0) is 21.7. The Hall–Kier alpha value is -2.70. The second-order valence-corrected chi connectivity index (χ2v) is 8.18. The zero-order valence-electron chi connectivity index (χ0n) is 17.7. The summed E-state index contributed by atoms with van der Waals surface area (Å²) in [6.45, 7) is 4.80. The van der Waals surface area contributed by atoms with Crippen molar-refractivity contribution in [3.8, 4) is 0 Å². The number of hydrogen-bond donors (Lipinski definition) is 2. The summed E-state index contributed by atoms with van der Waals surface area (Å²) in [5, 5.41) is 12.2. The highest BCUT2D eigenvalue weighted by molar-refractivity contribution is 5.87. The molecule has 30 heavy (non-hydrogen) atoms. The molecule has 160 valence electrons. The third kappa shape index (κ3) is 5.26. The normalized spacial score (nSPS) is 15.6. The lowest BCUT2D eigenvalue weighted by Crippen LogP contribution is -2.44. The zero-order valence-corrected chi connectivity index (χ0v) is 17.7. The van der Waals surface area contributed by atoms with E-state index in [1.165, 1.54) is 0 Å². The van der Waals surface area contributed by atoms with Gasteiger partial charge in [-0.3, -0.25) is 4.79 Å². The van der Waals surface area contributed by atoms with E-state index in [1.807, 2.05) is 38.1 Å². The SMILES string of the molecule is COCc1cccc(CO[C@@H](C(=O)NC2(c3ccc(C(=O)O)cc3)CC2)C(C)C)c1. The number of methoxy groups -OCH3 is 1. The van der Waals surface area contributed by atoms with Gasteiger partial charge in [-0.2, -0.15) is 0 Å². The van der Waals surface area contributed by atoms with Crippen molar-refractivity contribution < 1.29 is 24.2 Å². The molecule has 3 rings (SSSR count). The molecule has 1 atom stereocenters. The molecule has 0 aromatic heterocycles. The van der Waals surface area contributed by atoms with Crippen molar-refractivity contribution in [1.82, 2.24) is 5.32 Å². The van der Waals surface area contributed by atoms with Crippen LogP contribution in [0.5, 0.6) is 0 Å². The predicted molar refractivity (Wildman–Crippen MR) is 113 cm³/mol. The number of carbonyl (C=O) groups is 2. The first-order chi connectivity index (χ1) is 14.3. The Morgan fingerprint density at radius 2 is 1.70 bits per heavy atom. The molecule has 1 fully saturated rings. The highest BCUT2D eigenvalue weighted by Crippen LogP contribution is 2.45. The fourth-order valence-corrected chi connectivity index (χ4v) is 3.58. The third-order valence-electron chi connectivity index (χ3n) is 5.39. The molecule has 6 nitrogen and oxygen atoms in total. The molecule has 6 heteroatoms. The van der Waals surface area contributed by atoms with E-state index in [2.05, 4.69) is 5.32 Å². The molecule has 2 aromatic rings. The molecule has 0 aliphatic heterocycles. The molecule has 2 N–H and O–H groups in total. The number of rotatable bonds is 10. The standard InChI is InChI=1S/C24H29NO5/c1-16(2)21(30-15-18-6-4-5-17(13-18)14-29-3)22(26)25-24(11-12-24)20-9-7-19(8-10-20)23(27)28/h4-10,13,16,21H,11-12,14-15H2,1-3H3,(H,25,26)(H,27,28)/t21-/m1/s1. The van der Waals surface area contributed by atoms with Gasteiger partial charge in [0.2, 0.25) is 5.91 Å².